The number of esters is 1. The van der Waals surface area contributed by atoms with E-state index in [1.54, 1.807) is 36.4 Å². The number of fused-ring (bicyclic) bond motifs is 4. The van der Waals surface area contributed by atoms with Gasteiger partial charge in [-0.25, -0.2) is 0 Å². The molecule has 1 unspecified atom stereocenters. The minimum absolute atomic E-state index is 0.0357. The van der Waals surface area contributed by atoms with Crippen molar-refractivity contribution in [3.63, 3.8) is 0 Å². The van der Waals surface area contributed by atoms with Gasteiger partial charge in [0.1, 0.15) is 22.8 Å². The smallest absolute Gasteiger partial charge is 0.312 e. The minimum Gasteiger partial charge on any atom is -0.497 e. The summed E-state index contributed by atoms with van der Waals surface area (Å²) in [4.78, 5) is 39.7. The number of ether oxygens (including phenoxy) is 6. The van der Waals surface area contributed by atoms with E-state index < -0.39 is 11.9 Å². The number of benzene rings is 3. The summed E-state index contributed by atoms with van der Waals surface area (Å²) in [7, 11) is 5.99. The van der Waals surface area contributed by atoms with Gasteiger partial charge in [-0.1, -0.05) is 0 Å². The molecule has 3 heterocycles. The zero-order valence-electron chi connectivity index (χ0n) is 22.6. The van der Waals surface area contributed by atoms with Gasteiger partial charge in [-0.3, -0.25) is 14.4 Å². The highest BCUT2D eigenvalue weighted by molar-refractivity contribution is 6.15. The molecule has 0 fully saturated rings. The van der Waals surface area contributed by atoms with Crippen molar-refractivity contribution in [3.05, 3.63) is 87.0 Å². The third-order valence-corrected chi connectivity index (χ3v) is 7.15. The fourth-order valence-electron chi connectivity index (χ4n) is 5.20. The summed E-state index contributed by atoms with van der Waals surface area (Å²) in [6.07, 6.45) is 2.75. The van der Waals surface area contributed by atoms with Gasteiger partial charge >= 0.3 is 5.97 Å². The third-order valence-electron chi connectivity index (χ3n) is 7.15. The van der Waals surface area contributed by atoms with E-state index in [0.717, 1.165) is 0 Å². The van der Waals surface area contributed by atoms with Crippen molar-refractivity contribution < 1.29 is 42.4 Å². The zero-order chi connectivity index (χ0) is 28.8. The first kappa shape index (κ1) is 26.0. The SMILES string of the molecule is COc1ccc2occ(C3CC(=O)Oc4ccc5c(c43)O/C(=C\c3cc(OC)c(OC)c(OC)c3)C5=O)c(=O)c2c1. The molecule has 41 heavy (non-hydrogen) atoms. The van der Waals surface area contributed by atoms with Gasteiger partial charge in [0.2, 0.25) is 11.5 Å². The predicted octanol–water partition coefficient (Wildman–Crippen LogP) is 4.88. The number of rotatable bonds is 6. The van der Waals surface area contributed by atoms with Gasteiger partial charge in [0, 0.05) is 17.0 Å². The Morgan fingerprint density at radius 3 is 2.29 bits per heavy atom. The molecule has 0 saturated carbocycles. The molecule has 0 aliphatic carbocycles. The van der Waals surface area contributed by atoms with Crippen LogP contribution in [0.5, 0.6) is 34.5 Å². The largest absolute Gasteiger partial charge is 0.497 e. The Morgan fingerprint density at radius 1 is 0.854 bits per heavy atom. The molecule has 2 aliphatic heterocycles. The number of ketones is 1. The third kappa shape index (κ3) is 4.24. The molecule has 10 heteroatoms. The molecule has 0 bridgehead atoms. The maximum absolute atomic E-state index is 13.6. The zero-order valence-corrected chi connectivity index (χ0v) is 22.6. The van der Waals surface area contributed by atoms with Crippen molar-refractivity contribution in [2.24, 2.45) is 0 Å². The molecule has 208 valence electrons. The number of Topliss-reactive ketones (excluding diaryl/α,β-unsaturated/α-hetero) is 1. The summed E-state index contributed by atoms with van der Waals surface area (Å²) < 4.78 is 38.9. The predicted molar refractivity (Wildman–Crippen MR) is 147 cm³/mol. The van der Waals surface area contributed by atoms with Crippen LogP contribution in [0.15, 0.2) is 63.7 Å². The van der Waals surface area contributed by atoms with Crippen LogP contribution in [0.25, 0.3) is 17.0 Å². The first-order valence-electron chi connectivity index (χ1n) is 12.6. The molecule has 1 aromatic heterocycles. The highest BCUT2D eigenvalue weighted by atomic mass is 16.5. The topological polar surface area (TPSA) is 120 Å². The maximum Gasteiger partial charge on any atom is 0.312 e. The summed E-state index contributed by atoms with van der Waals surface area (Å²) in [5.41, 5.74) is 1.53. The minimum atomic E-state index is -0.777. The van der Waals surface area contributed by atoms with Crippen LogP contribution < -0.4 is 33.8 Å². The van der Waals surface area contributed by atoms with Crippen LogP contribution in [0.1, 0.15) is 39.4 Å². The van der Waals surface area contributed by atoms with Crippen molar-refractivity contribution in [2.45, 2.75) is 12.3 Å². The molecule has 4 aromatic rings. The fourth-order valence-corrected chi connectivity index (χ4v) is 5.20. The van der Waals surface area contributed by atoms with Crippen LogP contribution in [-0.4, -0.2) is 40.2 Å². The lowest BCUT2D eigenvalue weighted by atomic mass is 9.85. The van der Waals surface area contributed by atoms with Gasteiger partial charge in [0.15, 0.2) is 22.7 Å². The first-order chi connectivity index (χ1) is 19.9. The van der Waals surface area contributed by atoms with Crippen LogP contribution in [-0.2, 0) is 4.79 Å². The number of carbonyl (C=O) groups is 2. The van der Waals surface area contributed by atoms with Crippen LogP contribution in [0.2, 0.25) is 0 Å². The van der Waals surface area contributed by atoms with Gasteiger partial charge in [-0.2, -0.15) is 0 Å². The average Bonchev–Trinajstić information content (AvgIpc) is 3.30. The molecule has 0 amide bonds. The average molecular weight is 557 g/mol. The molecular formula is C31H24O10. The van der Waals surface area contributed by atoms with E-state index in [-0.39, 0.29) is 46.0 Å². The van der Waals surface area contributed by atoms with E-state index in [4.69, 9.17) is 32.8 Å². The second kappa shape index (κ2) is 10.1. The lowest BCUT2D eigenvalue weighted by Gasteiger charge is -2.25. The highest BCUT2D eigenvalue weighted by Crippen LogP contribution is 2.49. The second-order valence-corrected chi connectivity index (χ2v) is 9.37. The molecule has 3 aromatic carbocycles. The Morgan fingerprint density at radius 2 is 1.61 bits per heavy atom. The van der Waals surface area contributed by atoms with Crippen molar-refractivity contribution >= 4 is 28.8 Å². The Kier molecular flexibility index (Phi) is 6.37. The Bertz CT molecular complexity index is 1810. The van der Waals surface area contributed by atoms with E-state index >= 15 is 0 Å². The van der Waals surface area contributed by atoms with Crippen LogP contribution in [0, 0.1) is 0 Å². The van der Waals surface area contributed by atoms with Crippen molar-refractivity contribution in [1.29, 1.82) is 0 Å². The van der Waals surface area contributed by atoms with E-state index in [1.165, 1.54) is 46.8 Å². The van der Waals surface area contributed by atoms with E-state index in [9.17, 15) is 14.4 Å². The standard InChI is InChI=1S/C31H24O10/c1-35-16-5-7-21-19(12-16)28(33)20(14-39-21)18-13-26(32)40-22-8-6-17-29(34)23(41-30(17)27(18)22)9-15-10-24(36-2)31(38-4)25(11-15)37-3/h5-12,14,18H,13H2,1-4H3/b23-9-. The van der Waals surface area contributed by atoms with Crippen molar-refractivity contribution in [1.82, 2.24) is 0 Å². The summed E-state index contributed by atoms with van der Waals surface area (Å²) in [5, 5.41) is 0.301. The number of methoxy groups -OCH3 is 4. The number of hydrogen-bond donors (Lipinski definition) is 0. The molecule has 0 radical (unpaired) electrons. The van der Waals surface area contributed by atoms with Gasteiger partial charge in [0.25, 0.3) is 0 Å². The summed E-state index contributed by atoms with van der Waals surface area (Å²) in [6, 6.07) is 11.4. The number of hydrogen-bond acceptors (Lipinski definition) is 10. The van der Waals surface area contributed by atoms with Gasteiger partial charge in [-0.05, 0) is 54.1 Å². The Hall–Kier alpha value is -5.25. The van der Waals surface area contributed by atoms with E-state index in [1.807, 2.05) is 0 Å². The molecule has 2 aliphatic rings. The summed E-state index contributed by atoms with van der Waals surface area (Å²) in [5.74, 6) is 0.496. The van der Waals surface area contributed by atoms with Crippen LogP contribution >= 0.6 is 0 Å². The van der Waals surface area contributed by atoms with Crippen LogP contribution in [0.3, 0.4) is 0 Å². The Balaban J connectivity index is 1.47. The summed E-state index contributed by atoms with van der Waals surface area (Å²) in [6.45, 7) is 0. The monoisotopic (exact) mass is 556 g/mol. The molecule has 0 spiro atoms. The van der Waals surface area contributed by atoms with E-state index in [2.05, 4.69) is 0 Å². The Labute approximate surface area is 233 Å². The number of allylic oxidation sites excluding steroid dienone is 1. The lowest BCUT2D eigenvalue weighted by molar-refractivity contribution is -0.135. The second-order valence-electron chi connectivity index (χ2n) is 9.37. The fraction of sp³-hybridized carbons (Fsp3) is 0.194. The lowest BCUT2D eigenvalue weighted by Crippen LogP contribution is -2.25. The highest BCUT2D eigenvalue weighted by Gasteiger charge is 2.39. The van der Waals surface area contributed by atoms with Crippen molar-refractivity contribution in [3.8, 4) is 34.5 Å². The number of carbonyl (C=O) groups excluding carboxylic acids is 2. The molecule has 0 saturated heterocycles. The van der Waals surface area contributed by atoms with Gasteiger partial charge < -0.3 is 32.8 Å². The molecular weight excluding hydrogens is 532 g/mol. The maximum atomic E-state index is 13.6. The molecule has 0 N–H and O–H groups in total. The summed E-state index contributed by atoms with van der Waals surface area (Å²) >= 11 is 0. The van der Waals surface area contributed by atoms with Crippen molar-refractivity contribution in [2.75, 3.05) is 28.4 Å². The van der Waals surface area contributed by atoms with Gasteiger partial charge in [0.05, 0.1) is 52.1 Å². The van der Waals surface area contributed by atoms with Crippen LogP contribution in [0.4, 0.5) is 0 Å². The molecule has 6 rings (SSSR count). The van der Waals surface area contributed by atoms with E-state index in [0.29, 0.717) is 45.1 Å². The molecule has 10 nitrogen and oxygen atoms in total. The quantitative estimate of drug-likeness (QED) is 0.185. The molecule has 1 atom stereocenters. The first-order valence-corrected chi connectivity index (χ1v) is 12.6. The van der Waals surface area contributed by atoms with Gasteiger partial charge in [-0.15, -0.1) is 0 Å². The normalized spacial score (nSPS) is 16.6.